The molecule has 0 saturated carbocycles. The van der Waals surface area contributed by atoms with Gasteiger partial charge in [0.05, 0.1) is 16.1 Å². The van der Waals surface area contributed by atoms with E-state index in [0.717, 1.165) is 21.0 Å². The van der Waals surface area contributed by atoms with Crippen LogP contribution in [-0.4, -0.2) is 24.5 Å². The molecule has 1 aliphatic rings. The molecule has 0 spiro atoms. The Bertz CT molecular complexity index is 1240. The van der Waals surface area contributed by atoms with E-state index in [-0.39, 0.29) is 10.7 Å². The van der Waals surface area contributed by atoms with Gasteiger partial charge in [0, 0.05) is 5.56 Å². The minimum absolute atomic E-state index is 0.0541. The van der Waals surface area contributed by atoms with Crippen molar-refractivity contribution in [2.45, 2.75) is 25.7 Å². The van der Waals surface area contributed by atoms with Crippen molar-refractivity contribution in [1.82, 2.24) is 4.31 Å². The summed E-state index contributed by atoms with van der Waals surface area (Å²) in [5.41, 5.74) is 4.24. The molecule has 6 heteroatoms. The molecule has 0 aliphatic carbocycles. The summed E-state index contributed by atoms with van der Waals surface area (Å²) in [5, 5.41) is 0. The average molecular weight is 404 g/mol. The van der Waals surface area contributed by atoms with Crippen LogP contribution in [0.1, 0.15) is 32.6 Å². The van der Waals surface area contributed by atoms with Crippen molar-refractivity contribution in [2.75, 3.05) is 0 Å². The number of hydrogen-bond donors (Lipinski definition) is 0. The standard InChI is InChI=1S/C23H20N2O3S/c1-15-11-13-18(14-12-15)29(27,28)25-22(19-9-4-5-10-20(19)23(25)26)24-21-16(2)7-6-8-17(21)3/h4-14H,1-3H3. The highest BCUT2D eigenvalue weighted by Gasteiger charge is 2.42. The van der Waals surface area contributed by atoms with Gasteiger partial charge in [-0.3, -0.25) is 4.79 Å². The Balaban J connectivity index is 1.96. The van der Waals surface area contributed by atoms with E-state index >= 15 is 0 Å². The number of fused-ring (bicyclic) bond motifs is 1. The van der Waals surface area contributed by atoms with E-state index in [1.54, 1.807) is 36.4 Å². The maximum absolute atomic E-state index is 13.4. The van der Waals surface area contributed by atoms with Gasteiger partial charge in [-0.1, -0.05) is 54.1 Å². The minimum Gasteiger partial charge on any atom is -0.267 e. The zero-order chi connectivity index (χ0) is 20.8. The summed E-state index contributed by atoms with van der Waals surface area (Å²) in [6.45, 7) is 5.70. The van der Waals surface area contributed by atoms with Crippen LogP contribution < -0.4 is 0 Å². The smallest absolute Gasteiger partial charge is 0.267 e. The molecule has 5 nitrogen and oxygen atoms in total. The molecule has 0 aromatic heterocycles. The Morgan fingerprint density at radius 3 is 1.97 bits per heavy atom. The first-order valence-corrected chi connectivity index (χ1v) is 10.7. The third-order valence-corrected chi connectivity index (χ3v) is 6.68. The first-order valence-electron chi connectivity index (χ1n) is 9.21. The molecule has 0 fully saturated rings. The second-order valence-corrected chi connectivity index (χ2v) is 8.90. The summed E-state index contributed by atoms with van der Waals surface area (Å²) in [7, 11) is -4.11. The van der Waals surface area contributed by atoms with E-state index in [2.05, 4.69) is 4.99 Å². The first-order chi connectivity index (χ1) is 13.8. The number of carbonyl (C=O) groups excluding carboxylic acids is 1. The van der Waals surface area contributed by atoms with Crippen molar-refractivity contribution in [2.24, 2.45) is 4.99 Å². The van der Waals surface area contributed by atoms with Crippen LogP contribution in [0, 0.1) is 20.8 Å². The Hall–Kier alpha value is -3.25. The van der Waals surface area contributed by atoms with Crippen LogP contribution in [0.2, 0.25) is 0 Å². The second kappa shape index (κ2) is 6.97. The van der Waals surface area contributed by atoms with Crippen LogP contribution in [0.3, 0.4) is 0 Å². The lowest BCUT2D eigenvalue weighted by Gasteiger charge is -2.18. The highest BCUT2D eigenvalue weighted by atomic mass is 32.2. The van der Waals surface area contributed by atoms with Crippen LogP contribution >= 0.6 is 0 Å². The molecule has 29 heavy (non-hydrogen) atoms. The molecule has 0 saturated heterocycles. The van der Waals surface area contributed by atoms with E-state index in [1.165, 1.54) is 12.1 Å². The van der Waals surface area contributed by atoms with Crippen molar-refractivity contribution < 1.29 is 13.2 Å². The number of para-hydroxylation sites is 1. The van der Waals surface area contributed by atoms with Gasteiger partial charge in [0.1, 0.15) is 0 Å². The normalized spacial score (nSPS) is 15.1. The minimum atomic E-state index is -4.11. The average Bonchev–Trinajstić information content (AvgIpc) is 2.98. The topological polar surface area (TPSA) is 66.8 Å². The van der Waals surface area contributed by atoms with Gasteiger partial charge in [0.2, 0.25) is 0 Å². The van der Waals surface area contributed by atoms with Crippen LogP contribution in [0.15, 0.2) is 76.6 Å². The van der Waals surface area contributed by atoms with Crippen molar-refractivity contribution in [1.29, 1.82) is 0 Å². The molecule has 3 aromatic carbocycles. The molecular weight excluding hydrogens is 384 g/mol. The van der Waals surface area contributed by atoms with Gasteiger partial charge >= 0.3 is 0 Å². The van der Waals surface area contributed by atoms with Crippen molar-refractivity contribution in [3.8, 4) is 0 Å². The summed E-state index contributed by atoms with van der Waals surface area (Å²) in [6.07, 6.45) is 0. The number of aliphatic imine (C=N–C) groups is 1. The molecule has 0 unspecified atom stereocenters. The predicted molar refractivity (Wildman–Crippen MR) is 113 cm³/mol. The fourth-order valence-electron chi connectivity index (χ4n) is 3.41. The largest absolute Gasteiger partial charge is 0.274 e. The third-order valence-electron chi connectivity index (χ3n) is 4.99. The molecule has 0 bridgehead atoms. The van der Waals surface area contributed by atoms with Crippen LogP contribution in [-0.2, 0) is 10.0 Å². The highest BCUT2D eigenvalue weighted by molar-refractivity contribution is 7.90. The molecular formula is C23H20N2O3S. The Kier molecular flexibility index (Phi) is 4.59. The van der Waals surface area contributed by atoms with Crippen LogP contribution in [0.4, 0.5) is 5.69 Å². The molecule has 0 atom stereocenters. The molecule has 4 rings (SSSR count). The monoisotopic (exact) mass is 404 g/mol. The molecule has 1 heterocycles. The van der Waals surface area contributed by atoms with Crippen molar-refractivity contribution >= 4 is 27.5 Å². The number of nitrogens with zero attached hydrogens (tertiary/aromatic N) is 2. The quantitative estimate of drug-likeness (QED) is 0.644. The number of aryl methyl sites for hydroxylation is 3. The Morgan fingerprint density at radius 1 is 0.759 bits per heavy atom. The van der Waals surface area contributed by atoms with E-state index in [0.29, 0.717) is 16.8 Å². The number of amides is 1. The van der Waals surface area contributed by atoms with Crippen molar-refractivity contribution in [3.05, 3.63) is 94.5 Å². The third kappa shape index (κ3) is 3.15. The molecule has 146 valence electrons. The fourth-order valence-corrected chi connectivity index (χ4v) is 4.79. The molecule has 1 aliphatic heterocycles. The van der Waals surface area contributed by atoms with Crippen molar-refractivity contribution in [3.63, 3.8) is 0 Å². The number of sulfonamides is 1. The number of carbonyl (C=O) groups is 1. The van der Waals surface area contributed by atoms with Gasteiger partial charge in [-0.2, -0.15) is 4.31 Å². The first kappa shape index (κ1) is 19.1. The number of amidine groups is 1. The SMILES string of the molecule is Cc1ccc(S(=O)(=O)N2C(=O)c3ccccc3C2=Nc2c(C)cccc2C)cc1. The zero-order valence-corrected chi connectivity index (χ0v) is 17.2. The van der Waals surface area contributed by atoms with E-state index in [9.17, 15) is 13.2 Å². The fraction of sp³-hybridized carbons (Fsp3) is 0.130. The van der Waals surface area contributed by atoms with Crippen LogP contribution in [0.5, 0.6) is 0 Å². The highest BCUT2D eigenvalue weighted by Crippen LogP contribution is 2.33. The maximum Gasteiger partial charge on any atom is 0.274 e. The van der Waals surface area contributed by atoms with Gasteiger partial charge in [-0.05, 0) is 50.1 Å². The Morgan fingerprint density at radius 2 is 1.34 bits per heavy atom. The number of rotatable bonds is 3. The van der Waals surface area contributed by atoms with Gasteiger partial charge in [-0.25, -0.2) is 13.4 Å². The summed E-state index contributed by atoms with van der Waals surface area (Å²) in [6, 6.07) is 19.0. The second-order valence-electron chi connectivity index (χ2n) is 7.11. The van der Waals surface area contributed by atoms with Gasteiger partial charge in [0.25, 0.3) is 15.9 Å². The van der Waals surface area contributed by atoms with Gasteiger partial charge in [0.15, 0.2) is 5.84 Å². The maximum atomic E-state index is 13.4. The molecule has 0 radical (unpaired) electrons. The zero-order valence-electron chi connectivity index (χ0n) is 16.4. The van der Waals surface area contributed by atoms with Gasteiger partial charge in [-0.15, -0.1) is 0 Å². The lowest BCUT2D eigenvalue weighted by atomic mass is 10.1. The summed E-state index contributed by atoms with van der Waals surface area (Å²) >= 11 is 0. The molecule has 0 N–H and O–H groups in total. The number of benzene rings is 3. The van der Waals surface area contributed by atoms with E-state index in [1.807, 2.05) is 39.0 Å². The van der Waals surface area contributed by atoms with Crippen LogP contribution in [0.25, 0.3) is 0 Å². The van der Waals surface area contributed by atoms with E-state index < -0.39 is 15.9 Å². The summed E-state index contributed by atoms with van der Waals surface area (Å²) in [4.78, 5) is 17.9. The lowest BCUT2D eigenvalue weighted by molar-refractivity contribution is 0.0922. The lowest BCUT2D eigenvalue weighted by Crippen LogP contribution is -2.36. The molecule has 1 amide bonds. The van der Waals surface area contributed by atoms with Gasteiger partial charge < -0.3 is 0 Å². The summed E-state index contributed by atoms with van der Waals surface area (Å²) < 4.78 is 27.7. The predicted octanol–water partition coefficient (Wildman–Crippen LogP) is 4.53. The summed E-state index contributed by atoms with van der Waals surface area (Å²) in [5.74, 6) is -0.463. The van der Waals surface area contributed by atoms with E-state index in [4.69, 9.17) is 0 Å². The molecule has 3 aromatic rings. The number of hydrogen-bond acceptors (Lipinski definition) is 4. The Labute approximate surface area is 170 Å².